The molecule has 4 heteroatoms. The zero-order valence-corrected chi connectivity index (χ0v) is 11.7. The molecule has 0 unspecified atom stereocenters. The van der Waals surface area contributed by atoms with Crippen LogP contribution in [-0.4, -0.2) is 23.0 Å². The summed E-state index contributed by atoms with van der Waals surface area (Å²) in [5.41, 5.74) is -1.14. The first-order chi connectivity index (χ1) is 8.28. The molecule has 0 aromatic rings. The van der Waals surface area contributed by atoms with Crippen LogP contribution in [0.4, 0.5) is 4.79 Å². The van der Waals surface area contributed by atoms with E-state index in [-0.39, 0.29) is 5.78 Å². The number of rotatable bonds is 4. The first-order valence-electron chi connectivity index (χ1n) is 6.83. The maximum atomic E-state index is 12.1. The van der Waals surface area contributed by atoms with Crippen molar-refractivity contribution < 1.29 is 14.3 Å². The molecule has 0 aliphatic heterocycles. The van der Waals surface area contributed by atoms with E-state index in [1.807, 2.05) is 27.7 Å². The lowest BCUT2D eigenvalue weighted by Gasteiger charge is -2.23. The Hall–Kier alpha value is -1.06. The highest BCUT2D eigenvalue weighted by molar-refractivity contribution is 5.95. The van der Waals surface area contributed by atoms with E-state index < -0.39 is 17.2 Å². The number of ether oxygens (including phenoxy) is 1. The molecule has 18 heavy (non-hydrogen) atoms. The van der Waals surface area contributed by atoms with Gasteiger partial charge in [0.1, 0.15) is 11.1 Å². The summed E-state index contributed by atoms with van der Waals surface area (Å²) in [7, 11) is 0. The summed E-state index contributed by atoms with van der Waals surface area (Å²) in [4.78, 5) is 23.9. The minimum atomic E-state index is -0.613. The molecule has 102 valence electrons. The van der Waals surface area contributed by atoms with E-state index in [0.29, 0.717) is 18.3 Å². The molecular formula is C14H23NO3. The summed E-state index contributed by atoms with van der Waals surface area (Å²) >= 11 is 0. The van der Waals surface area contributed by atoms with Crippen LogP contribution in [0.25, 0.3) is 0 Å². The van der Waals surface area contributed by atoms with Gasteiger partial charge in [0.2, 0.25) is 0 Å². The third kappa shape index (κ3) is 2.68. The maximum Gasteiger partial charge on any atom is 0.408 e. The summed E-state index contributed by atoms with van der Waals surface area (Å²) in [6.45, 7) is 7.33. The molecule has 1 amide bonds. The normalized spacial score (nSPS) is 30.8. The molecule has 0 saturated heterocycles. The summed E-state index contributed by atoms with van der Waals surface area (Å²) in [5, 5.41) is 2.84. The van der Waals surface area contributed by atoms with Crippen LogP contribution >= 0.6 is 0 Å². The Labute approximate surface area is 108 Å². The van der Waals surface area contributed by atoms with Gasteiger partial charge >= 0.3 is 6.09 Å². The molecular weight excluding hydrogens is 230 g/mol. The van der Waals surface area contributed by atoms with Gasteiger partial charge in [-0.15, -0.1) is 0 Å². The van der Waals surface area contributed by atoms with Crippen LogP contribution in [0.5, 0.6) is 0 Å². The number of carbonyl (C=O) groups excluding carboxylic acids is 2. The Bertz CT molecular complexity index is 368. The highest BCUT2D eigenvalue weighted by Gasteiger charge is 2.64. The average Bonchev–Trinajstić information content (AvgIpc) is 3.05. The molecule has 4 nitrogen and oxygen atoms in total. The molecule has 2 fully saturated rings. The molecule has 0 spiro atoms. The van der Waals surface area contributed by atoms with Crippen LogP contribution in [0.15, 0.2) is 0 Å². The summed E-state index contributed by atoms with van der Waals surface area (Å²) in [6.07, 6.45) is 3.19. The summed E-state index contributed by atoms with van der Waals surface area (Å²) in [5.74, 6) is 1.12. The second-order valence-corrected chi connectivity index (χ2v) is 6.52. The topological polar surface area (TPSA) is 55.4 Å². The Morgan fingerprint density at radius 3 is 2.39 bits per heavy atom. The van der Waals surface area contributed by atoms with Crippen molar-refractivity contribution in [3.63, 3.8) is 0 Å². The van der Waals surface area contributed by atoms with E-state index in [1.54, 1.807) is 0 Å². The fourth-order valence-electron chi connectivity index (χ4n) is 2.69. The molecule has 2 aliphatic rings. The van der Waals surface area contributed by atoms with Crippen LogP contribution in [0.1, 0.15) is 53.4 Å². The Kier molecular flexibility index (Phi) is 3.16. The van der Waals surface area contributed by atoms with Gasteiger partial charge in [-0.2, -0.15) is 0 Å². The lowest BCUT2D eigenvalue weighted by atomic mass is 10.0. The average molecular weight is 253 g/mol. The standard InChI is InChI=1S/C14H23NO3/c1-5-11(16)14(8-10(14)9-6-7-9)15-12(17)18-13(2,3)4/h9-10H,5-8H2,1-4H3,(H,15,17)/t10-,14+/m0/s1. The third-order valence-electron chi connectivity index (χ3n) is 3.75. The molecule has 1 N–H and O–H groups in total. The van der Waals surface area contributed by atoms with Crippen LogP contribution in [0, 0.1) is 11.8 Å². The Morgan fingerprint density at radius 1 is 1.33 bits per heavy atom. The van der Waals surface area contributed by atoms with Crippen molar-refractivity contribution in [3.05, 3.63) is 0 Å². The molecule has 0 radical (unpaired) electrons. The molecule has 2 rings (SSSR count). The highest BCUT2D eigenvalue weighted by Crippen LogP contribution is 2.57. The number of amides is 1. The first kappa shape index (κ1) is 13.4. The van der Waals surface area contributed by atoms with Crippen LogP contribution in [0.2, 0.25) is 0 Å². The van der Waals surface area contributed by atoms with Gasteiger partial charge in [-0.05, 0) is 51.9 Å². The Balaban J connectivity index is 1.99. The molecule has 0 aromatic carbocycles. The fraction of sp³-hybridized carbons (Fsp3) is 0.857. The molecule has 0 heterocycles. The zero-order chi connectivity index (χ0) is 13.6. The van der Waals surface area contributed by atoms with Crippen molar-refractivity contribution in [2.75, 3.05) is 0 Å². The maximum absolute atomic E-state index is 12.1. The van der Waals surface area contributed by atoms with Crippen LogP contribution in [-0.2, 0) is 9.53 Å². The smallest absolute Gasteiger partial charge is 0.408 e. The quantitative estimate of drug-likeness (QED) is 0.838. The van der Waals surface area contributed by atoms with Crippen LogP contribution < -0.4 is 5.32 Å². The van der Waals surface area contributed by atoms with Crippen molar-refractivity contribution in [2.45, 2.75) is 64.5 Å². The zero-order valence-electron chi connectivity index (χ0n) is 11.7. The predicted octanol–water partition coefficient (Wildman–Crippen LogP) is 2.66. The van der Waals surface area contributed by atoms with Crippen LogP contribution in [0.3, 0.4) is 0 Å². The lowest BCUT2D eigenvalue weighted by molar-refractivity contribution is -0.122. The van der Waals surface area contributed by atoms with Gasteiger partial charge in [0.15, 0.2) is 5.78 Å². The largest absolute Gasteiger partial charge is 0.444 e. The van der Waals surface area contributed by atoms with Crippen molar-refractivity contribution in [1.29, 1.82) is 0 Å². The number of alkyl carbamates (subject to hydrolysis) is 1. The van der Waals surface area contributed by atoms with Crippen molar-refractivity contribution in [2.24, 2.45) is 11.8 Å². The van der Waals surface area contributed by atoms with E-state index in [0.717, 1.165) is 6.42 Å². The molecule has 2 saturated carbocycles. The van der Waals surface area contributed by atoms with Crippen molar-refractivity contribution in [1.82, 2.24) is 5.32 Å². The monoisotopic (exact) mass is 253 g/mol. The predicted molar refractivity (Wildman–Crippen MR) is 68.2 cm³/mol. The van der Waals surface area contributed by atoms with Crippen molar-refractivity contribution in [3.8, 4) is 0 Å². The second kappa shape index (κ2) is 4.25. The number of nitrogens with one attached hydrogen (secondary N) is 1. The minimum Gasteiger partial charge on any atom is -0.444 e. The molecule has 0 bridgehead atoms. The van der Waals surface area contributed by atoms with Gasteiger partial charge in [-0.3, -0.25) is 4.79 Å². The number of carbonyl (C=O) groups is 2. The SMILES string of the molecule is CCC(=O)[C@@]1(NC(=O)OC(C)(C)C)C[C@H]1C1CC1. The highest BCUT2D eigenvalue weighted by atomic mass is 16.6. The molecule has 2 aliphatic carbocycles. The first-order valence-corrected chi connectivity index (χ1v) is 6.83. The van der Waals surface area contributed by atoms with Gasteiger partial charge in [0.05, 0.1) is 0 Å². The van der Waals surface area contributed by atoms with E-state index in [2.05, 4.69) is 5.32 Å². The van der Waals surface area contributed by atoms with Gasteiger partial charge in [-0.1, -0.05) is 6.92 Å². The number of ketones is 1. The van der Waals surface area contributed by atoms with Gasteiger partial charge < -0.3 is 10.1 Å². The van der Waals surface area contributed by atoms with E-state index >= 15 is 0 Å². The fourth-order valence-corrected chi connectivity index (χ4v) is 2.69. The Morgan fingerprint density at radius 2 is 1.94 bits per heavy atom. The molecule has 0 aromatic heterocycles. The number of Topliss-reactive ketones (excluding diaryl/α,β-unsaturated/α-hetero) is 1. The van der Waals surface area contributed by atoms with E-state index in [9.17, 15) is 9.59 Å². The summed E-state index contributed by atoms with van der Waals surface area (Å²) < 4.78 is 5.25. The van der Waals surface area contributed by atoms with Gasteiger partial charge in [-0.25, -0.2) is 4.79 Å². The van der Waals surface area contributed by atoms with Gasteiger partial charge in [0.25, 0.3) is 0 Å². The van der Waals surface area contributed by atoms with E-state index in [4.69, 9.17) is 4.74 Å². The summed E-state index contributed by atoms with van der Waals surface area (Å²) in [6, 6.07) is 0. The molecule has 2 atom stereocenters. The lowest BCUT2D eigenvalue weighted by Crippen LogP contribution is -2.47. The van der Waals surface area contributed by atoms with Gasteiger partial charge in [0, 0.05) is 6.42 Å². The second-order valence-electron chi connectivity index (χ2n) is 6.52. The van der Waals surface area contributed by atoms with Crippen molar-refractivity contribution >= 4 is 11.9 Å². The third-order valence-corrected chi connectivity index (χ3v) is 3.75. The number of hydrogen-bond acceptors (Lipinski definition) is 3. The minimum absolute atomic E-state index is 0.144. The number of hydrogen-bond donors (Lipinski definition) is 1. The van der Waals surface area contributed by atoms with E-state index in [1.165, 1.54) is 12.8 Å².